The van der Waals surface area contributed by atoms with Gasteiger partial charge in [-0.25, -0.2) is 4.98 Å². The van der Waals surface area contributed by atoms with E-state index < -0.39 is 0 Å². The van der Waals surface area contributed by atoms with E-state index in [0.717, 1.165) is 31.7 Å². The Hall–Kier alpha value is -1.60. The number of pyridine rings is 1. The molecule has 0 bridgehead atoms. The lowest BCUT2D eigenvalue weighted by molar-refractivity contribution is 0.0818. The maximum Gasteiger partial charge on any atom is 0.129 e. The van der Waals surface area contributed by atoms with Crippen LogP contribution in [0, 0.1) is 11.3 Å². The number of ether oxygens (including phenoxy) is 1. The number of anilines is 1. The van der Waals surface area contributed by atoms with Crippen molar-refractivity contribution in [2.75, 3.05) is 25.1 Å². The molecule has 0 radical (unpaired) electrons. The molecular formula is C12H15N3O. The molecule has 0 unspecified atom stereocenters. The van der Waals surface area contributed by atoms with Gasteiger partial charge in [-0.05, 0) is 25.0 Å². The Morgan fingerprint density at radius 3 is 2.88 bits per heavy atom. The molecule has 1 aromatic rings. The topological polar surface area (TPSA) is 49.1 Å². The molecule has 1 saturated heterocycles. The molecule has 4 nitrogen and oxygen atoms in total. The van der Waals surface area contributed by atoms with Gasteiger partial charge in [0.2, 0.25) is 0 Å². The summed E-state index contributed by atoms with van der Waals surface area (Å²) in [6, 6.07) is 5.70. The number of nitriles is 1. The van der Waals surface area contributed by atoms with Gasteiger partial charge in [-0.2, -0.15) is 5.26 Å². The normalized spacial score (nSPS) is 17.1. The fraction of sp³-hybridized carbons (Fsp3) is 0.500. The monoisotopic (exact) mass is 217 g/mol. The van der Waals surface area contributed by atoms with Crippen molar-refractivity contribution in [1.29, 1.82) is 5.26 Å². The van der Waals surface area contributed by atoms with Crippen LogP contribution in [0.2, 0.25) is 0 Å². The van der Waals surface area contributed by atoms with E-state index in [2.05, 4.69) is 16.0 Å². The highest BCUT2D eigenvalue weighted by Gasteiger charge is 2.19. The first-order chi connectivity index (χ1) is 7.83. The first-order valence-electron chi connectivity index (χ1n) is 5.47. The van der Waals surface area contributed by atoms with Crippen molar-refractivity contribution >= 4 is 5.82 Å². The molecule has 0 aromatic carbocycles. The Kier molecular flexibility index (Phi) is 3.37. The quantitative estimate of drug-likeness (QED) is 0.754. The van der Waals surface area contributed by atoms with Gasteiger partial charge in [0.25, 0.3) is 0 Å². The summed E-state index contributed by atoms with van der Waals surface area (Å²) < 4.78 is 5.32. The molecule has 0 aliphatic carbocycles. The van der Waals surface area contributed by atoms with E-state index in [4.69, 9.17) is 10.00 Å². The second-order valence-electron chi connectivity index (χ2n) is 3.94. The minimum atomic E-state index is 0.371. The molecule has 84 valence electrons. The van der Waals surface area contributed by atoms with Crippen molar-refractivity contribution < 1.29 is 4.74 Å². The number of hydrogen-bond acceptors (Lipinski definition) is 4. The largest absolute Gasteiger partial charge is 0.381 e. The SMILES string of the molecule is COC1CCN(c2cc(C#N)ccn2)CC1. The van der Waals surface area contributed by atoms with Crippen molar-refractivity contribution in [3.63, 3.8) is 0 Å². The number of methoxy groups -OCH3 is 1. The van der Waals surface area contributed by atoms with Gasteiger partial charge in [0.15, 0.2) is 0 Å². The van der Waals surface area contributed by atoms with E-state index in [0.29, 0.717) is 11.7 Å². The van der Waals surface area contributed by atoms with Crippen LogP contribution in [0.15, 0.2) is 18.3 Å². The summed E-state index contributed by atoms with van der Waals surface area (Å²) in [4.78, 5) is 6.50. The molecule has 0 amide bonds. The fourth-order valence-corrected chi connectivity index (χ4v) is 1.98. The fourth-order valence-electron chi connectivity index (χ4n) is 1.98. The van der Waals surface area contributed by atoms with Crippen molar-refractivity contribution in [2.24, 2.45) is 0 Å². The van der Waals surface area contributed by atoms with Gasteiger partial charge in [0.05, 0.1) is 17.7 Å². The molecule has 0 spiro atoms. The Morgan fingerprint density at radius 1 is 1.50 bits per heavy atom. The molecular weight excluding hydrogens is 202 g/mol. The van der Waals surface area contributed by atoms with Gasteiger partial charge in [-0.3, -0.25) is 0 Å². The smallest absolute Gasteiger partial charge is 0.129 e. The summed E-state index contributed by atoms with van der Waals surface area (Å²) in [5, 5.41) is 8.82. The molecule has 0 saturated carbocycles. The first kappa shape index (κ1) is 10.9. The molecule has 2 rings (SSSR count). The number of nitrogens with zero attached hydrogens (tertiary/aromatic N) is 3. The van der Waals surface area contributed by atoms with Crippen LogP contribution in [-0.4, -0.2) is 31.3 Å². The highest BCUT2D eigenvalue weighted by Crippen LogP contribution is 2.19. The predicted molar refractivity (Wildman–Crippen MR) is 61.2 cm³/mol. The average molecular weight is 217 g/mol. The van der Waals surface area contributed by atoms with Crippen LogP contribution in [0.5, 0.6) is 0 Å². The summed E-state index contributed by atoms with van der Waals surface area (Å²) in [7, 11) is 1.76. The maximum absolute atomic E-state index is 8.82. The number of hydrogen-bond donors (Lipinski definition) is 0. The van der Waals surface area contributed by atoms with E-state index in [1.165, 1.54) is 0 Å². The Balaban J connectivity index is 2.05. The third-order valence-corrected chi connectivity index (χ3v) is 2.97. The van der Waals surface area contributed by atoms with E-state index in [1.807, 2.05) is 6.07 Å². The zero-order valence-corrected chi connectivity index (χ0v) is 9.39. The van der Waals surface area contributed by atoms with Gasteiger partial charge in [-0.15, -0.1) is 0 Å². The van der Waals surface area contributed by atoms with Crippen molar-refractivity contribution in [1.82, 2.24) is 4.98 Å². The second kappa shape index (κ2) is 4.95. The van der Waals surface area contributed by atoms with E-state index in [1.54, 1.807) is 19.4 Å². The number of aromatic nitrogens is 1. The van der Waals surface area contributed by atoms with Gasteiger partial charge in [-0.1, -0.05) is 0 Å². The summed E-state index contributed by atoms with van der Waals surface area (Å²) in [6.07, 6.45) is 4.11. The van der Waals surface area contributed by atoms with Crippen molar-refractivity contribution in [3.05, 3.63) is 23.9 Å². The zero-order chi connectivity index (χ0) is 11.4. The van der Waals surface area contributed by atoms with Crippen molar-refractivity contribution in [2.45, 2.75) is 18.9 Å². The van der Waals surface area contributed by atoms with Crippen LogP contribution in [0.3, 0.4) is 0 Å². The summed E-state index contributed by atoms with van der Waals surface area (Å²) in [5.41, 5.74) is 0.666. The number of piperidine rings is 1. The Labute approximate surface area is 95.5 Å². The lowest BCUT2D eigenvalue weighted by Gasteiger charge is -2.32. The summed E-state index contributed by atoms with van der Waals surface area (Å²) in [5.74, 6) is 0.897. The lowest BCUT2D eigenvalue weighted by Crippen LogP contribution is -2.37. The molecule has 0 atom stereocenters. The molecule has 0 N–H and O–H groups in total. The minimum absolute atomic E-state index is 0.371. The third kappa shape index (κ3) is 2.31. The van der Waals surface area contributed by atoms with E-state index in [9.17, 15) is 0 Å². The zero-order valence-electron chi connectivity index (χ0n) is 9.39. The van der Waals surface area contributed by atoms with Gasteiger partial charge < -0.3 is 9.64 Å². The van der Waals surface area contributed by atoms with E-state index in [-0.39, 0.29) is 0 Å². The average Bonchev–Trinajstić information content (AvgIpc) is 2.39. The molecule has 1 aromatic heterocycles. The van der Waals surface area contributed by atoms with Crippen LogP contribution in [0.1, 0.15) is 18.4 Å². The van der Waals surface area contributed by atoms with Crippen LogP contribution in [0.4, 0.5) is 5.82 Å². The van der Waals surface area contributed by atoms with Gasteiger partial charge in [0.1, 0.15) is 5.82 Å². The van der Waals surface area contributed by atoms with Crippen LogP contribution >= 0.6 is 0 Å². The molecule has 1 fully saturated rings. The molecule has 2 heterocycles. The van der Waals surface area contributed by atoms with E-state index >= 15 is 0 Å². The predicted octanol–water partition coefficient (Wildman–Crippen LogP) is 1.57. The summed E-state index contributed by atoms with van der Waals surface area (Å²) >= 11 is 0. The standard InChI is InChI=1S/C12H15N3O/c1-16-11-3-6-15(7-4-11)12-8-10(9-13)2-5-14-12/h2,5,8,11H,3-4,6-7H2,1H3. The molecule has 4 heteroatoms. The molecule has 1 aliphatic rings. The molecule has 16 heavy (non-hydrogen) atoms. The lowest BCUT2D eigenvalue weighted by atomic mass is 10.1. The Bertz CT molecular complexity index is 391. The van der Waals surface area contributed by atoms with Gasteiger partial charge >= 0.3 is 0 Å². The maximum atomic E-state index is 8.82. The van der Waals surface area contributed by atoms with Gasteiger partial charge in [0, 0.05) is 26.4 Å². The number of rotatable bonds is 2. The highest BCUT2D eigenvalue weighted by atomic mass is 16.5. The third-order valence-electron chi connectivity index (χ3n) is 2.97. The Morgan fingerprint density at radius 2 is 2.25 bits per heavy atom. The van der Waals surface area contributed by atoms with Crippen molar-refractivity contribution in [3.8, 4) is 6.07 Å². The molecule has 1 aliphatic heterocycles. The summed E-state index contributed by atoms with van der Waals surface area (Å²) in [6.45, 7) is 1.89. The van der Waals surface area contributed by atoms with Crippen LogP contribution in [-0.2, 0) is 4.74 Å². The van der Waals surface area contributed by atoms with Crippen LogP contribution in [0.25, 0.3) is 0 Å². The second-order valence-corrected chi connectivity index (χ2v) is 3.94. The highest BCUT2D eigenvalue weighted by molar-refractivity contribution is 5.45. The van der Waals surface area contributed by atoms with Crippen LogP contribution < -0.4 is 4.90 Å². The minimum Gasteiger partial charge on any atom is -0.381 e. The first-order valence-corrected chi connectivity index (χ1v) is 5.47.